The molecular formula is C12H11ClO2. The highest BCUT2D eigenvalue weighted by atomic mass is 35.5. The van der Waals surface area contributed by atoms with Crippen LogP contribution in [0.15, 0.2) is 41.0 Å². The minimum absolute atomic E-state index is 0.00597. The third kappa shape index (κ3) is 2.41. The fraction of sp³-hybridized carbons (Fsp3) is 0.167. The molecule has 0 aliphatic carbocycles. The van der Waals surface area contributed by atoms with Crippen LogP contribution in [0, 0.1) is 0 Å². The van der Waals surface area contributed by atoms with Gasteiger partial charge in [-0.3, -0.25) is 0 Å². The van der Waals surface area contributed by atoms with E-state index in [0.717, 1.165) is 21.9 Å². The lowest BCUT2D eigenvalue weighted by molar-refractivity contribution is 0.280. The van der Waals surface area contributed by atoms with Crippen LogP contribution in [0.25, 0.3) is 0 Å². The zero-order chi connectivity index (χ0) is 10.7. The van der Waals surface area contributed by atoms with Crippen LogP contribution >= 0.6 is 11.6 Å². The van der Waals surface area contributed by atoms with E-state index >= 15 is 0 Å². The summed E-state index contributed by atoms with van der Waals surface area (Å²) in [5.41, 5.74) is 1.81. The second-order valence-electron chi connectivity index (χ2n) is 3.35. The summed E-state index contributed by atoms with van der Waals surface area (Å²) in [7, 11) is 0. The van der Waals surface area contributed by atoms with Gasteiger partial charge in [-0.15, -0.1) is 0 Å². The molecule has 1 N–H and O–H groups in total. The van der Waals surface area contributed by atoms with Crippen LogP contribution in [-0.2, 0) is 13.0 Å². The topological polar surface area (TPSA) is 33.4 Å². The standard InChI is InChI=1S/C12H11ClO2/c13-12-4-2-1-3-10(12)6-11-5-9(7-14)8-15-11/h1-5,8,14H,6-7H2. The predicted molar refractivity (Wildman–Crippen MR) is 58.9 cm³/mol. The Morgan fingerprint density at radius 3 is 2.73 bits per heavy atom. The Kier molecular flexibility index (Phi) is 3.09. The van der Waals surface area contributed by atoms with Crippen LogP contribution in [0.5, 0.6) is 0 Å². The highest BCUT2D eigenvalue weighted by Crippen LogP contribution is 2.20. The summed E-state index contributed by atoms with van der Waals surface area (Å²) in [6.07, 6.45) is 2.21. The van der Waals surface area contributed by atoms with Gasteiger partial charge in [-0.05, 0) is 17.7 Å². The second-order valence-corrected chi connectivity index (χ2v) is 3.75. The van der Waals surface area contributed by atoms with Gasteiger partial charge in [0.05, 0.1) is 12.9 Å². The van der Waals surface area contributed by atoms with E-state index in [4.69, 9.17) is 21.1 Å². The number of rotatable bonds is 3. The van der Waals surface area contributed by atoms with E-state index in [-0.39, 0.29) is 6.61 Å². The lowest BCUT2D eigenvalue weighted by Gasteiger charge is -2.00. The van der Waals surface area contributed by atoms with Crippen molar-refractivity contribution in [2.45, 2.75) is 13.0 Å². The average molecular weight is 223 g/mol. The molecule has 2 rings (SSSR count). The predicted octanol–water partition coefficient (Wildman–Crippen LogP) is 3.02. The van der Waals surface area contributed by atoms with Gasteiger partial charge in [-0.1, -0.05) is 29.8 Å². The number of hydrogen-bond donors (Lipinski definition) is 1. The van der Waals surface area contributed by atoms with E-state index in [1.54, 1.807) is 6.26 Å². The molecule has 0 fully saturated rings. The van der Waals surface area contributed by atoms with Crippen LogP contribution < -0.4 is 0 Å². The van der Waals surface area contributed by atoms with Gasteiger partial charge in [0, 0.05) is 17.0 Å². The molecule has 1 heterocycles. The van der Waals surface area contributed by atoms with Gasteiger partial charge in [0.25, 0.3) is 0 Å². The molecule has 2 aromatic rings. The summed E-state index contributed by atoms with van der Waals surface area (Å²) in [5, 5.41) is 9.62. The van der Waals surface area contributed by atoms with Crippen molar-refractivity contribution in [1.29, 1.82) is 0 Å². The molecule has 0 saturated heterocycles. The fourth-order valence-electron chi connectivity index (χ4n) is 1.43. The van der Waals surface area contributed by atoms with Gasteiger partial charge >= 0.3 is 0 Å². The number of benzene rings is 1. The van der Waals surface area contributed by atoms with E-state index in [1.165, 1.54) is 0 Å². The molecule has 0 unspecified atom stereocenters. The summed E-state index contributed by atoms with van der Waals surface area (Å²) < 4.78 is 5.30. The molecule has 0 atom stereocenters. The van der Waals surface area contributed by atoms with Gasteiger partial charge < -0.3 is 9.52 Å². The van der Waals surface area contributed by atoms with Gasteiger partial charge in [0.2, 0.25) is 0 Å². The van der Waals surface area contributed by atoms with Gasteiger partial charge in [0.15, 0.2) is 0 Å². The minimum atomic E-state index is 0.00597. The molecule has 78 valence electrons. The number of aliphatic hydroxyl groups excluding tert-OH is 1. The lowest BCUT2D eigenvalue weighted by atomic mass is 10.1. The van der Waals surface area contributed by atoms with Crippen molar-refractivity contribution in [1.82, 2.24) is 0 Å². The molecule has 0 aliphatic rings. The van der Waals surface area contributed by atoms with Crippen molar-refractivity contribution in [3.05, 3.63) is 58.5 Å². The molecule has 0 amide bonds. The first-order chi connectivity index (χ1) is 7.29. The Morgan fingerprint density at radius 2 is 2.07 bits per heavy atom. The number of halogens is 1. The van der Waals surface area contributed by atoms with Gasteiger partial charge in [-0.2, -0.15) is 0 Å². The Hall–Kier alpha value is -1.25. The van der Waals surface area contributed by atoms with Crippen LogP contribution in [0.1, 0.15) is 16.9 Å². The molecule has 1 aromatic heterocycles. The molecule has 0 radical (unpaired) electrons. The Labute approximate surface area is 93.1 Å². The van der Waals surface area contributed by atoms with Crippen molar-refractivity contribution in [3.8, 4) is 0 Å². The van der Waals surface area contributed by atoms with E-state index in [0.29, 0.717) is 6.42 Å². The molecule has 0 spiro atoms. The maximum atomic E-state index is 8.89. The maximum Gasteiger partial charge on any atom is 0.108 e. The van der Waals surface area contributed by atoms with Crippen LogP contribution in [0.3, 0.4) is 0 Å². The highest BCUT2D eigenvalue weighted by Gasteiger charge is 2.04. The van der Waals surface area contributed by atoms with Crippen molar-refractivity contribution >= 4 is 11.6 Å². The summed E-state index contributed by atoms with van der Waals surface area (Å²) in [6.45, 7) is 0.00597. The molecule has 15 heavy (non-hydrogen) atoms. The van der Waals surface area contributed by atoms with E-state index in [1.807, 2.05) is 30.3 Å². The lowest BCUT2D eigenvalue weighted by Crippen LogP contribution is -1.86. The van der Waals surface area contributed by atoms with E-state index in [9.17, 15) is 0 Å². The van der Waals surface area contributed by atoms with E-state index < -0.39 is 0 Å². The van der Waals surface area contributed by atoms with Crippen molar-refractivity contribution in [2.24, 2.45) is 0 Å². The summed E-state index contributed by atoms with van der Waals surface area (Å²) in [4.78, 5) is 0. The highest BCUT2D eigenvalue weighted by molar-refractivity contribution is 6.31. The Balaban J connectivity index is 2.18. The third-order valence-electron chi connectivity index (χ3n) is 2.21. The maximum absolute atomic E-state index is 8.89. The summed E-state index contributed by atoms with van der Waals surface area (Å²) in [5.74, 6) is 0.812. The average Bonchev–Trinajstić information content (AvgIpc) is 2.69. The first-order valence-corrected chi connectivity index (χ1v) is 5.08. The zero-order valence-electron chi connectivity index (χ0n) is 8.11. The third-order valence-corrected chi connectivity index (χ3v) is 2.58. The zero-order valence-corrected chi connectivity index (χ0v) is 8.87. The van der Waals surface area contributed by atoms with E-state index in [2.05, 4.69) is 0 Å². The first kappa shape index (κ1) is 10.3. The smallest absolute Gasteiger partial charge is 0.108 e. The number of hydrogen-bond acceptors (Lipinski definition) is 2. The van der Waals surface area contributed by atoms with Gasteiger partial charge in [-0.25, -0.2) is 0 Å². The van der Waals surface area contributed by atoms with Crippen LogP contribution in [-0.4, -0.2) is 5.11 Å². The monoisotopic (exact) mass is 222 g/mol. The minimum Gasteiger partial charge on any atom is -0.469 e. The number of aliphatic hydroxyl groups is 1. The molecular weight excluding hydrogens is 212 g/mol. The second kappa shape index (κ2) is 4.51. The van der Waals surface area contributed by atoms with Crippen molar-refractivity contribution in [3.63, 3.8) is 0 Å². The fourth-order valence-corrected chi connectivity index (χ4v) is 1.63. The molecule has 2 nitrogen and oxygen atoms in total. The SMILES string of the molecule is OCc1coc(Cc2ccccc2Cl)c1. The van der Waals surface area contributed by atoms with Crippen molar-refractivity contribution in [2.75, 3.05) is 0 Å². The Morgan fingerprint density at radius 1 is 1.27 bits per heavy atom. The summed E-state index contributed by atoms with van der Waals surface area (Å²) in [6, 6.07) is 9.49. The first-order valence-electron chi connectivity index (χ1n) is 4.70. The quantitative estimate of drug-likeness (QED) is 0.866. The molecule has 0 saturated carbocycles. The van der Waals surface area contributed by atoms with Gasteiger partial charge in [0.1, 0.15) is 5.76 Å². The van der Waals surface area contributed by atoms with Crippen LogP contribution in [0.4, 0.5) is 0 Å². The van der Waals surface area contributed by atoms with Crippen molar-refractivity contribution < 1.29 is 9.52 Å². The largest absolute Gasteiger partial charge is 0.469 e. The molecule has 1 aromatic carbocycles. The Bertz CT molecular complexity index is 448. The summed E-state index contributed by atoms with van der Waals surface area (Å²) >= 11 is 6.02. The van der Waals surface area contributed by atoms with Crippen LogP contribution in [0.2, 0.25) is 5.02 Å². The normalized spacial score (nSPS) is 10.5. The molecule has 0 bridgehead atoms. The molecule has 3 heteroatoms. The number of furan rings is 1. The molecule has 0 aliphatic heterocycles.